The van der Waals surface area contributed by atoms with Gasteiger partial charge in [-0.25, -0.2) is 0 Å². The second-order valence-electron chi connectivity index (χ2n) is 7.90. The number of piperidine rings is 1. The summed E-state index contributed by atoms with van der Waals surface area (Å²) in [6.07, 6.45) is 3.96. The van der Waals surface area contributed by atoms with Crippen molar-refractivity contribution in [1.82, 2.24) is 9.80 Å². The van der Waals surface area contributed by atoms with Crippen molar-refractivity contribution in [3.63, 3.8) is 0 Å². The Hall–Kier alpha value is -1.79. The third kappa shape index (κ3) is 3.40. The van der Waals surface area contributed by atoms with Crippen LogP contribution in [0, 0.1) is 0 Å². The molecule has 3 aliphatic rings. The van der Waals surface area contributed by atoms with Gasteiger partial charge in [0.15, 0.2) is 0 Å². The number of piperazine rings is 1. The zero-order chi connectivity index (χ0) is 18.1. The van der Waals surface area contributed by atoms with Gasteiger partial charge in [0, 0.05) is 45.3 Å². The van der Waals surface area contributed by atoms with Gasteiger partial charge in [-0.1, -0.05) is 12.1 Å². The van der Waals surface area contributed by atoms with Gasteiger partial charge in [-0.15, -0.1) is 0 Å². The van der Waals surface area contributed by atoms with E-state index in [2.05, 4.69) is 21.9 Å². The van der Waals surface area contributed by atoms with Crippen LogP contribution in [0.3, 0.4) is 0 Å². The van der Waals surface area contributed by atoms with E-state index in [-0.39, 0.29) is 5.91 Å². The van der Waals surface area contributed by atoms with Crippen LogP contribution in [0.4, 0.5) is 5.69 Å². The molecule has 1 aromatic rings. The lowest BCUT2D eigenvalue weighted by molar-refractivity contribution is -0.135. The molecule has 0 aromatic heterocycles. The maximum absolute atomic E-state index is 12.6. The number of ether oxygens (including phenoxy) is 1. The maximum atomic E-state index is 12.6. The van der Waals surface area contributed by atoms with Crippen LogP contribution in [0.15, 0.2) is 24.3 Å². The molecule has 142 valence electrons. The Balaban J connectivity index is 1.35. The van der Waals surface area contributed by atoms with Crippen LogP contribution < -0.4 is 15.4 Å². The Morgan fingerprint density at radius 1 is 1.15 bits per heavy atom. The van der Waals surface area contributed by atoms with E-state index >= 15 is 0 Å². The van der Waals surface area contributed by atoms with Crippen molar-refractivity contribution in [2.75, 3.05) is 51.3 Å². The standard InChI is InChI=1S/C20H30N4O2/c1-26-18-7-3-2-6-17(18)23-13-11-22(12-14-23)16-5-4-10-24(15-16)19(25)20(21)8-9-20/h2-3,6-7,16H,4-5,8-15,21H2,1H3/t16-/m1/s1. The van der Waals surface area contributed by atoms with Crippen molar-refractivity contribution < 1.29 is 9.53 Å². The zero-order valence-corrected chi connectivity index (χ0v) is 15.7. The number of nitrogens with two attached hydrogens (primary N) is 1. The van der Waals surface area contributed by atoms with Gasteiger partial charge in [0.05, 0.1) is 18.3 Å². The molecule has 0 unspecified atom stereocenters. The first-order valence-corrected chi connectivity index (χ1v) is 9.81. The highest BCUT2D eigenvalue weighted by Crippen LogP contribution is 2.35. The minimum Gasteiger partial charge on any atom is -0.495 e. The van der Waals surface area contributed by atoms with Gasteiger partial charge in [-0.2, -0.15) is 0 Å². The number of hydrogen-bond acceptors (Lipinski definition) is 5. The summed E-state index contributed by atoms with van der Waals surface area (Å²) in [5.41, 5.74) is 6.77. The van der Waals surface area contributed by atoms with Crippen molar-refractivity contribution in [3.05, 3.63) is 24.3 Å². The molecule has 1 aromatic carbocycles. The number of benzene rings is 1. The third-order valence-electron chi connectivity index (χ3n) is 6.15. The number of para-hydroxylation sites is 2. The minimum atomic E-state index is -0.537. The Bertz CT molecular complexity index is 653. The lowest BCUT2D eigenvalue weighted by atomic mass is 10.0. The normalized spacial score (nSPS) is 25.8. The molecule has 2 N–H and O–H groups in total. The fraction of sp³-hybridized carbons (Fsp3) is 0.650. The molecule has 0 radical (unpaired) electrons. The summed E-state index contributed by atoms with van der Waals surface area (Å²) in [7, 11) is 1.73. The van der Waals surface area contributed by atoms with Crippen LogP contribution in [0.5, 0.6) is 5.75 Å². The number of rotatable bonds is 4. The van der Waals surface area contributed by atoms with Crippen LogP contribution in [-0.2, 0) is 4.79 Å². The van der Waals surface area contributed by atoms with Crippen molar-refractivity contribution in [2.24, 2.45) is 5.73 Å². The molecule has 0 spiro atoms. The summed E-state index contributed by atoms with van der Waals surface area (Å²) in [5, 5.41) is 0. The van der Waals surface area contributed by atoms with Crippen molar-refractivity contribution in [3.8, 4) is 5.75 Å². The predicted molar refractivity (Wildman–Crippen MR) is 103 cm³/mol. The van der Waals surface area contributed by atoms with Crippen LogP contribution >= 0.6 is 0 Å². The largest absolute Gasteiger partial charge is 0.495 e. The molecule has 2 saturated heterocycles. The van der Waals surface area contributed by atoms with Crippen LogP contribution in [0.1, 0.15) is 25.7 Å². The highest BCUT2D eigenvalue weighted by molar-refractivity contribution is 5.89. The average Bonchev–Trinajstić information content (AvgIpc) is 3.46. The maximum Gasteiger partial charge on any atom is 0.242 e. The van der Waals surface area contributed by atoms with Gasteiger partial charge in [-0.05, 0) is 37.8 Å². The molecule has 26 heavy (non-hydrogen) atoms. The molecular formula is C20H30N4O2. The summed E-state index contributed by atoms with van der Waals surface area (Å²) in [6.45, 7) is 5.75. The fourth-order valence-corrected chi connectivity index (χ4v) is 4.32. The third-order valence-corrected chi connectivity index (χ3v) is 6.15. The number of amides is 1. The highest BCUT2D eigenvalue weighted by Gasteiger charge is 2.49. The van der Waals surface area contributed by atoms with E-state index in [9.17, 15) is 4.79 Å². The SMILES string of the molecule is COc1ccccc1N1CCN([C@@H]2CCCN(C(=O)C3(N)CC3)C2)CC1. The van der Waals surface area contributed by atoms with Gasteiger partial charge in [-0.3, -0.25) is 9.69 Å². The summed E-state index contributed by atoms with van der Waals surface area (Å²) < 4.78 is 5.51. The zero-order valence-electron chi connectivity index (χ0n) is 15.7. The first kappa shape index (κ1) is 17.6. The van der Waals surface area contributed by atoms with E-state index in [1.165, 1.54) is 12.1 Å². The van der Waals surface area contributed by atoms with E-state index in [4.69, 9.17) is 10.5 Å². The molecule has 6 heteroatoms. The van der Waals surface area contributed by atoms with Crippen molar-refractivity contribution in [2.45, 2.75) is 37.3 Å². The molecule has 6 nitrogen and oxygen atoms in total. The van der Waals surface area contributed by atoms with Gasteiger partial charge in [0.25, 0.3) is 0 Å². The summed E-state index contributed by atoms with van der Waals surface area (Å²) in [4.78, 5) is 19.6. The number of carbonyl (C=O) groups excluding carboxylic acids is 1. The molecule has 3 fully saturated rings. The predicted octanol–water partition coefficient (Wildman–Crippen LogP) is 1.30. The second kappa shape index (κ2) is 7.08. The van der Waals surface area contributed by atoms with E-state index in [1.54, 1.807) is 7.11 Å². The van der Waals surface area contributed by atoms with E-state index < -0.39 is 5.54 Å². The summed E-state index contributed by atoms with van der Waals surface area (Å²) in [6, 6.07) is 8.69. The lowest BCUT2D eigenvalue weighted by Crippen LogP contribution is -2.58. The molecule has 2 aliphatic heterocycles. The Morgan fingerprint density at radius 3 is 2.58 bits per heavy atom. The Morgan fingerprint density at radius 2 is 1.88 bits per heavy atom. The van der Waals surface area contributed by atoms with Gasteiger partial charge in [0.2, 0.25) is 5.91 Å². The Labute approximate surface area is 155 Å². The molecule has 1 aliphatic carbocycles. The Kier molecular flexibility index (Phi) is 4.80. The van der Waals surface area contributed by atoms with Crippen molar-refractivity contribution >= 4 is 11.6 Å². The number of nitrogens with zero attached hydrogens (tertiary/aromatic N) is 3. The number of carbonyl (C=O) groups is 1. The molecule has 4 rings (SSSR count). The van der Waals surface area contributed by atoms with Gasteiger partial charge < -0.3 is 20.3 Å². The molecule has 2 heterocycles. The van der Waals surface area contributed by atoms with Gasteiger partial charge in [0.1, 0.15) is 5.75 Å². The first-order chi connectivity index (χ1) is 12.6. The van der Waals surface area contributed by atoms with Crippen molar-refractivity contribution in [1.29, 1.82) is 0 Å². The van der Waals surface area contributed by atoms with Crippen LogP contribution in [0.2, 0.25) is 0 Å². The second-order valence-corrected chi connectivity index (χ2v) is 7.90. The van der Waals surface area contributed by atoms with E-state index in [1.807, 2.05) is 17.0 Å². The molecule has 0 bridgehead atoms. The smallest absolute Gasteiger partial charge is 0.242 e. The number of anilines is 1. The molecule has 1 saturated carbocycles. The number of methoxy groups -OCH3 is 1. The first-order valence-electron chi connectivity index (χ1n) is 9.81. The molecule has 1 amide bonds. The quantitative estimate of drug-likeness (QED) is 0.879. The summed E-state index contributed by atoms with van der Waals surface area (Å²) >= 11 is 0. The van der Waals surface area contributed by atoms with Crippen LogP contribution in [0.25, 0.3) is 0 Å². The monoisotopic (exact) mass is 358 g/mol. The fourth-order valence-electron chi connectivity index (χ4n) is 4.32. The topological polar surface area (TPSA) is 62.0 Å². The van der Waals surface area contributed by atoms with E-state index in [0.717, 1.165) is 64.3 Å². The molecule has 1 atom stereocenters. The lowest BCUT2D eigenvalue weighted by Gasteiger charge is -2.44. The molecular weight excluding hydrogens is 328 g/mol. The van der Waals surface area contributed by atoms with Crippen LogP contribution in [-0.4, -0.2) is 73.7 Å². The number of likely N-dealkylation sites (tertiary alicyclic amines) is 1. The highest BCUT2D eigenvalue weighted by atomic mass is 16.5. The van der Waals surface area contributed by atoms with E-state index in [0.29, 0.717) is 6.04 Å². The van der Waals surface area contributed by atoms with Gasteiger partial charge >= 0.3 is 0 Å². The average molecular weight is 358 g/mol. The minimum absolute atomic E-state index is 0.176. The number of hydrogen-bond donors (Lipinski definition) is 1. The summed E-state index contributed by atoms with van der Waals surface area (Å²) in [5.74, 6) is 1.11.